The van der Waals surface area contributed by atoms with E-state index >= 15 is 0 Å². The van der Waals surface area contributed by atoms with Gasteiger partial charge in [-0.05, 0) is 48.7 Å². The number of hydrogen-bond acceptors (Lipinski definition) is 9. The summed E-state index contributed by atoms with van der Waals surface area (Å²) in [4.78, 5) is 62.6. The smallest absolute Gasteiger partial charge is 0.475 e. The van der Waals surface area contributed by atoms with Crippen molar-refractivity contribution < 1.29 is 69.2 Å². The SMILES string of the molecule is O=C(O)C(F)(F)F.O=C(O)C(F)(F)F.O=C(O)C(F)(F)F.O=c1c(=O)n2c(nn1Cc1ccncc1)C1(CCN(Cc3cccnc3)C1)CC2. The zero-order chi connectivity index (χ0) is 38.1. The summed E-state index contributed by atoms with van der Waals surface area (Å²) < 4.78 is 98.1. The first-order valence-electron chi connectivity index (χ1n) is 13.6. The number of fused-ring (bicyclic) bond motifs is 2. The third-order valence-electron chi connectivity index (χ3n) is 6.79. The van der Waals surface area contributed by atoms with Gasteiger partial charge in [0.1, 0.15) is 5.82 Å². The Labute approximate surface area is 273 Å². The van der Waals surface area contributed by atoms with Gasteiger partial charge in [0.25, 0.3) is 0 Å². The largest absolute Gasteiger partial charge is 0.490 e. The van der Waals surface area contributed by atoms with Gasteiger partial charge in [-0.2, -0.15) is 44.6 Å². The number of rotatable bonds is 4. The highest BCUT2D eigenvalue weighted by atomic mass is 19.4. The Balaban J connectivity index is 0.000000338. The molecule has 1 spiro atoms. The third kappa shape index (κ3) is 11.7. The van der Waals surface area contributed by atoms with Crippen molar-refractivity contribution in [1.82, 2.24) is 29.2 Å². The molecular weight excluding hydrogens is 707 g/mol. The standard InChI is InChI=1S/C21H22N6O2.3C2HF3O2/c28-18-19(29)27(14-16-3-8-22-9-4-16)24-20-21(6-11-26(18)20)5-10-25(15-21)13-17-2-1-7-23-12-17;3*3-2(4,5)1(6)7/h1-4,7-9,12H,5-6,10-11,13-15H2;3*(H,6,7). The zero-order valence-corrected chi connectivity index (χ0v) is 25.0. The number of carbonyl (C=O) groups is 3. The van der Waals surface area contributed by atoms with Crippen LogP contribution in [0.2, 0.25) is 0 Å². The molecule has 1 fully saturated rings. The predicted octanol–water partition coefficient (Wildman–Crippen LogP) is 2.69. The lowest BCUT2D eigenvalue weighted by Gasteiger charge is -2.23. The van der Waals surface area contributed by atoms with E-state index in [0.29, 0.717) is 6.54 Å². The van der Waals surface area contributed by atoms with E-state index in [1.807, 2.05) is 24.4 Å². The number of aliphatic carboxylic acids is 3. The van der Waals surface area contributed by atoms with E-state index in [2.05, 4.69) is 20.9 Å². The van der Waals surface area contributed by atoms with Gasteiger partial charge >= 0.3 is 47.6 Å². The van der Waals surface area contributed by atoms with Crippen LogP contribution in [0.5, 0.6) is 0 Å². The van der Waals surface area contributed by atoms with Crippen LogP contribution in [0, 0.1) is 0 Å². The predicted molar refractivity (Wildman–Crippen MR) is 148 cm³/mol. The summed E-state index contributed by atoms with van der Waals surface area (Å²) in [5.74, 6) is -7.52. The number of alkyl halides is 9. The third-order valence-corrected chi connectivity index (χ3v) is 6.79. The minimum atomic E-state index is -5.08. The van der Waals surface area contributed by atoms with Crippen molar-refractivity contribution in [2.45, 2.75) is 56.4 Å². The Morgan fingerprint density at radius 1 is 0.700 bits per heavy atom. The lowest BCUT2D eigenvalue weighted by atomic mass is 9.85. The van der Waals surface area contributed by atoms with Gasteiger partial charge in [0.15, 0.2) is 0 Å². The number of pyridine rings is 2. The molecule has 0 bridgehead atoms. The van der Waals surface area contributed by atoms with Crippen molar-refractivity contribution in [2.24, 2.45) is 0 Å². The second-order valence-corrected chi connectivity index (χ2v) is 10.4. The van der Waals surface area contributed by atoms with Gasteiger partial charge < -0.3 is 15.3 Å². The molecule has 5 rings (SSSR count). The fraction of sp³-hybridized carbons (Fsp3) is 0.407. The molecule has 2 aliphatic heterocycles. The van der Waals surface area contributed by atoms with Crippen molar-refractivity contribution >= 4 is 17.9 Å². The lowest BCUT2D eigenvalue weighted by Crippen LogP contribution is -2.45. The Bertz CT molecular complexity index is 1690. The average molecular weight is 733 g/mol. The Hall–Kier alpha value is -5.35. The number of carboxylic acids is 3. The summed E-state index contributed by atoms with van der Waals surface area (Å²) in [6, 6.07) is 7.69. The van der Waals surface area contributed by atoms with Crippen LogP contribution in [0.1, 0.15) is 29.8 Å². The molecule has 274 valence electrons. The molecule has 1 unspecified atom stereocenters. The van der Waals surface area contributed by atoms with Gasteiger partial charge in [-0.25, -0.2) is 19.1 Å². The van der Waals surface area contributed by atoms with Crippen molar-refractivity contribution in [3.8, 4) is 0 Å². The number of hydrogen-bond donors (Lipinski definition) is 3. The van der Waals surface area contributed by atoms with Crippen LogP contribution in [-0.4, -0.2) is 94.1 Å². The number of likely N-dealkylation sites (tertiary alicyclic amines) is 1. The zero-order valence-electron chi connectivity index (χ0n) is 25.0. The summed E-state index contributed by atoms with van der Waals surface area (Å²) in [5.41, 5.74) is 0.875. The minimum Gasteiger partial charge on any atom is -0.475 e. The minimum absolute atomic E-state index is 0.172. The molecule has 0 radical (unpaired) electrons. The van der Waals surface area contributed by atoms with Crippen molar-refractivity contribution in [2.75, 3.05) is 13.1 Å². The highest BCUT2D eigenvalue weighted by Gasteiger charge is 2.47. The van der Waals surface area contributed by atoms with Crippen LogP contribution < -0.4 is 11.1 Å². The molecule has 1 atom stereocenters. The second kappa shape index (κ2) is 16.4. The second-order valence-electron chi connectivity index (χ2n) is 10.4. The molecule has 5 heterocycles. The van der Waals surface area contributed by atoms with E-state index in [0.717, 1.165) is 43.9 Å². The maximum absolute atomic E-state index is 12.7. The first-order valence-corrected chi connectivity index (χ1v) is 13.6. The van der Waals surface area contributed by atoms with E-state index in [1.54, 1.807) is 23.2 Å². The molecule has 0 aliphatic carbocycles. The summed E-state index contributed by atoms with van der Waals surface area (Å²) in [6.07, 6.45) is -6.45. The molecule has 0 saturated carbocycles. The normalized spacial score (nSPS) is 16.9. The van der Waals surface area contributed by atoms with Gasteiger partial charge in [0.05, 0.1) is 6.54 Å². The number of aromatic nitrogens is 5. The van der Waals surface area contributed by atoms with Crippen LogP contribution in [-0.2, 0) is 39.4 Å². The van der Waals surface area contributed by atoms with Crippen molar-refractivity contribution in [3.05, 3.63) is 86.7 Å². The van der Waals surface area contributed by atoms with E-state index in [4.69, 9.17) is 34.8 Å². The van der Waals surface area contributed by atoms with Crippen LogP contribution in [0.25, 0.3) is 0 Å². The molecule has 3 aromatic rings. The molecule has 23 heteroatoms. The van der Waals surface area contributed by atoms with E-state index in [1.165, 1.54) is 10.2 Å². The van der Waals surface area contributed by atoms with Gasteiger partial charge in [-0.1, -0.05) is 6.07 Å². The quantitative estimate of drug-likeness (QED) is 0.262. The van der Waals surface area contributed by atoms with Gasteiger partial charge in [0, 0.05) is 49.8 Å². The molecule has 3 N–H and O–H groups in total. The van der Waals surface area contributed by atoms with Crippen LogP contribution in [0.3, 0.4) is 0 Å². The number of carboxylic acid groups (broad SMARTS) is 3. The van der Waals surface area contributed by atoms with Gasteiger partial charge in [-0.15, -0.1) is 0 Å². The molecule has 3 aromatic heterocycles. The lowest BCUT2D eigenvalue weighted by molar-refractivity contribution is -0.193. The Morgan fingerprint density at radius 2 is 1.20 bits per heavy atom. The molecule has 2 aliphatic rings. The summed E-state index contributed by atoms with van der Waals surface area (Å²) >= 11 is 0. The van der Waals surface area contributed by atoms with Crippen LogP contribution in [0.15, 0.2) is 58.6 Å². The molecule has 0 aromatic carbocycles. The summed E-state index contributed by atoms with van der Waals surface area (Å²) in [6.45, 7) is 3.44. The first-order chi connectivity index (χ1) is 23.0. The average Bonchev–Trinajstić information content (AvgIpc) is 3.59. The molecule has 1 saturated heterocycles. The maximum atomic E-state index is 12.7. The molecular formula is C27H25F9N6O8. The van der Waals surface area contributed by atoms with E-state index < -0.39 is 47.6 Å². The fourth-order valence-electron chi connectivity index (χ4n) is 4.57. The Kier molecular flexibility index (Phi) is 13.4. The highest BCUT2D eigenvalue weighted by molar-refractivity contribution is 5.73. The topological polar surface area (TPSA) is 198 Å². The number of halogens is 9. The highest BCUT2D eigenvalue weighted by Crippen LogP contribution is 2.40. The van der Waals surface area contributed by atoms with E-state index in [-0.39, 0.29) is 12.0 Å². The van der Waals surface area contributed by atoms with Crippen molar-refractivity contribution in [1.29, 1.82) is 0 Å². The molecule has 50 heavy (non-hydrogen) atoms. The van der Waals surface area contributed by atoms with Crippen LogP contribution >= 0.6 is 0 Å². The van der Waals surface area contributed by atoms with Gasteiger partial charge in [0.2, 0.25) is 0 Å². The van der Waals surface area contributed by atoms with Gasteiger partial charge in [-0.3, -0.25) is 29.0 Å². The maximum Gasteiger partial charge on any atom is 0.490 e. The first kappa shape index (κ1) is 40.8. The van der Waals surface area contributed by atoms with Crippen molar-refractivity contribution in [3.63, 3.8) is 0 Å². The fourth-order valence-corrected chi connectivity index (χ4v) is 4.57. The summed E-state index contributed by atoms with van der Waals surface area (Å²) in [7, 11) is 0. The molecule has 14 nitrogen and oxygen atoms in total. The summed E-state index contributed by atoms with van der Waals surface area (Å²) in [5, 5.41) is 26.1. The monoisotopic (exact) mass is 732 g/mol. The van der Waals surface area contributed by atoms with E-state index in [9.17, 15) is 49.1 Å². The van der Waals surface area contributed by atoms with Crippen LogP contribution in [0.4, 0.5) is 39.5 Å². The Morgan fingerprint density at radius 3 is 1.66 bits per heavy atom. The molecule has 0 amide bonds. The number of nitrogens with zero attached hydrogens (tertiary/aromatic N) is 6.